The summed E-state index contributed by atoms with van der Waals surface area (Å²) in [6, 6.07) is 6.11. The van der Waals surface area contributed by atoms with Crippen LogP contribution >= 0.6 is 0 Å². The Balaban J connectivity index is 2.03. The average Bonchev–Trinajstić information content (AvgIpc) is 2.57. The van der Waals surface area contributed by atoms with Crippen molar-refractivity contribution in [3.63, 3.8) is 0 Å². The first-order valence-corrected chi connectivity index (χ1v) is 6.49. The Morgan fingerprint density at radius 1 is 1.28 bits per heavy atom. The van der Waals surface area contributed by atoms with E-state index in [2.05, 4.69) is 10.2 Å². The maximum atomic E-state index is 12.9. The van der Waals surface area contributed by atoms with E-state index in [-0.39, 0.29) is 5.82 Å². The number of aliphatic hydroxyl groups is 1. The molecule has 0 spiro atoms. The van der Waals surface area contributed by atoms with Crippen molar-refractivity contribution >= 4 is 0 Å². The Labute approximate surface area is 108 Å². The molecule has 1 aliphatic rings. The molecule has 0 amide bonds. The standard InChI is InChI=1S/C14H21FN2O/c1-14(18,12-3-5-13(15)6-4-12)11-17-9-2-7-16-8-10-17/h3-6,16,18H,2,7-11H2,1H3. The van der Waals surface area contributed by atoms with Gasteiger partial charge in [0, 0.05) is 19.6 Å². The number of nitrogens with zero attached hydrogens (tertiary/aromatic N) is 1. The zero-order valence-corrected chi connectivity index (χ0v) is 10.8. The Kier molecular flexibility index (Phi) is 4.32. The minimum atomic E-state index is -0.933. The summed E-state index contributed by atoms with van der Waals surface area (Å²) >= 11 is 0. The molecule has 1 fully saturated rings. The molecule has 2 N–H and O–H groups in total. The van der Waals surface area contributed by atoms with Crippen LogP contribution in [0, 0.1) is 5.82 Å². The lowest BCUT2D eigenvalue weighted by Gasteiger charge is -2.31. The van der Waals surface area contributed by atoms with Crippen molar-refractivity contribution in [3.05, 3.63) is 35.6 Å². The van der Waals surface area contributed by atoms with Crippen molar-refractivity contribution in [2.45, 2.75) is 18.9 Å². The van der Waals surface area contributed by atoms with Crippen molar-refractivity contribution in [1.82, 2.24) is 10.2 Å². The van der Waals surface area contributed by atoms with E-state index in [1.54, 1.807) is 19.1 Å². The summed E-state index contributed by atoms with van der Waals surface area (Å²) in [5.41, 5.74) is -0.168. The van der Waals surface area contributed by atoms with Gasteiger partial charge in [0.15, 0.2) is 0 Å². The van der Waals surface area contributed by atoms with Crippen molar-refractivity contribution in [1.29, 1.82) is 0 Å². The van der Waals surface area contributed by atoms with Crippen LogP contribution in [0.3, 0.4) is 0 Å². The molecule has 3 nitrogen and oxygen atoms in total. The molecular weight excluding hydrogens is 231 g/mol. The molecule has 0 aromatic heterocycles. The molecule has 2 rings (SSSR count). The predicted molar refractivity (Wildman–Crippen MR) is 69.9 cm³/mol. The Morgan fingerprint density at radius 3 is 2.72 bits per heavy atom. The van der Waals surface area contributed by atoms with Crippen LogP contribution in [-0.2, 0) is 5.60 Å². The van der Waals surface area contributed by atoms with Crippen molar-refractivity contribution < 1.29 is 9.50 Å². The molecule has 0 bridgehead atoms. The molecule has 1 atom stereocenters. The molecular formula is C14H21FN2O. The van der Waals surface area contributed by atoms with Gasteiger partial charge in [-0.05, 0) is 44.1 Å². The molecule has 1 heterocycles. The minimum Gasteiger partial charge on any atom is -0.384 e. The van der Waals surface area contributed by atoms with Crippen LogP contribution in [0.2, 0.25) is 0 Å². The van der Waals surface area contributed by atoms with Gasteiger partial charge in [-0.2, -0.15) is 0 Å². The van der Waals surface area contributed by atoms with E-state index in [0.717, 1.165) is 38.2 Å². The number of nitrogens with one attached hydrogen (secondary N) is 1. The Hall–Kier alpha value is -0.970. The zero-order valence-electron chi connectivity index (χ0n) is 10.8. The molecule has 100 valence electrons. The summed E-state index contributed by atoms with van der Waals surface area (Å²) in [7, 11) is 0. The van der Waals surface area contributed by atoms with Gasteiger partial charge in [-0.1, -0.05) is 12.1 Å². The Bertz CT molecular complexity index is 370. The summed E-state index contributed by atoms with van der Waals surface area (Å²) in [5, 5.41) is 13.9. The molecule has 1 aromatic carbocycles. The van der Waals surface area contributed by atoms with E-state index in [1.807, 2.05) is 0 Å². The Morgan fingerprint density at radius 2 is 2.00 bits per heavy atom. The summed E-state index contributed by atoms with van der Waals surface area (Å²) in [6.07, 6.45) is 1.10. The van der Waals surface area contributed by atoms with Crippen molar-refractivity contribution in [2.24, 2.45) is 0 Å². The maximum Gasteiger partial charge on any atom is 0.123 e. The van der Waals surface area contributed by atoms with Crippen molar-refractivity contribution in [3.8, 4) is 0 Å². The summed E-state index contributed by atoms with van der Waals surface area (Å²) in [6.45, 7) is 6.30. The molecule has 1 saturated heterocycles. The van der Waals surface area contributed by atoms with E-state index < -0.39 is 5.60 Å². The molecule has 1 aliphatic heterocycles. The maximum absolute atomic E-state index is 12.9. The second kappa shape index (κ2) is 5.78. The fourth-order valence-electron chi connectivity index (χ4n) is 2.40. The highest BCUT2D eigenvalue weighted by Crippen LogP contribution is 2.22. The second-order valence-electron chi connectivity index (χ2n) is 5.16. The second-order valence-corrected chi connectivity index (χ2v) is 5.16. The van der Waals surface area contributed by atoms with E-state index in [4.69, 9.17) is 0 Å². The van der Waals surface area contributed by atoms with E-state index in [1.165, 1.54) is 12.1 Å². The fourth-order valence-corrected chi connectivity index (χ4v) is 2.40. The third-order valence-corrected chi connectivity index (χ3v) is 3.43. The highest BCUT2D eigenvalue weighted by Gasteiger charge is 2.26. The van der Waals surface area contributed by atoms with Gasteiger partial charge in [-0.3, -0.25) is 4.90 Å². The molecule has 18 heavy (non-hydrogen) atoms. The number of benzene rings is 1. The highest BCUT2D eigenvalue weighted by molar-refractivity contribution is 5.22. The average molecular weight is 252 g/mol. The molecule has 1 aromatic rings. The lowest BCUT2D eigenvalue weighted by atomic mass is 9.95. The van der Waals surface area contributed by atoms with Crippen LogP contribution in [0.25, 0.3) is 0 Å². The van der Waals surface area contributed by atoms with Gasteiger partial charge in [-0.25, -0.2) is 4.39 Å². The normalized spacial score (nSPS) is 21.3. The van der Waals surface area contributed by atoms with Gasteiger partial charge >= 0.3 is 0 Å². The number of rotatable bonds is 3. The first-order valence-electron chi connectivity index (χ1n) is 6.49. The smallest absolute Gasteiger partial charge is 0.123 e. The largest absolute Gasteiger partial charge is 0.384 e. The summed E-state index contributed by atoms with van der Waals surface area (Å²) in [4.78, 5) is 2.25. The fraction of sp³-hybridized carbons (Fsp3) is 0.571. The molecule has 0 aliphatic carbocycles. The van der Waals surface area contributed by atoms with Crippen LogP contribution in [0.15, 0.2) is 24.3 Å². The van der Waals surface area contributed by atoms with Gasteiger partial charge in [0.05, 0.1) is 5.60 Å². The molecule has 1 unspecified atom stereocenters. The lowest BCUT2D eigenvalue weighted by Crippen LogP contribution is -2.40. The van der Waals surface area contributed by atoms with E-state index in [0.29, 0.717) is 6.54 Å². The SMILES string of the molecule is CC(O)(CN1CCCNCC1)c1ccc(F)cc1. The van der Waals surface area contributed by atoms with Gasteiger partial charge in [0.25, 0.3) is 0 Å². The summed E-state index contributed by atoms with van der Waals surface area (Å²) < 4.78 is 12.9. The van der Waals surface area contributed by atoms with Gasteiger partial charge in [-0.15, -0.1) is 0 Å². The van der Waals surface area contributed by atoms with Crippen LogP contribution in [-0.4, -0.2) is 42.7 Å². The molecule has 4 heteroatoms. The first-order chi connectivity index (χ1) is 8.58. The molecule has 0 saturated carbocycles. The number of hydrogen-bond donors (Lipinski definition) is 2. The first kappa shape index (κ1) is 13.5. The zero-order chi connectivity index (χ0) is 13.0. The van der Waals surface area contributed by atoms with Gasteiger partial charge < -0.3 is 10.4 Å². The number of hydrogen-bond acceptors (Lipinski definition) is 3. The van der Waals surface area contributed by atoms with Crippen LogP contribution < -0.4 is 5.32 Å². The van der Waals surface area contributed by atoms with E-state index >= 15 is 0 Å². The number of halogens is 1. The minimum absolute atomic E-state index is 0.270. The lowest BCUT2D eigenvalue weighted by molar-refractivity contribution is 0.0177. The monoisotopic (exact) mass is 252 g/mol. The predicted octanol–water partition coefficient (Wildman–Crippen LogP) is 1.33. The third kappa shape index (κ3) is 3.51. The highest BCUT2D eigenvalue weighted by atomic mass is 19.1. The van der Waals surface area contributed by atoms with Crippen LogP contribution in [0.1, 0.15) is 18.9 Å². The quantitative estimate of drug-likeness (QED) is 0.852. The van der Waals surface area contributed by atoms with Crippen LogP contribution in [0.5, 0.6) is 0 Å². The molecule has 0 radical (unpaired) electrons. The van der Waals surface area contributed by atoms with Gasteiger partial charge in [0.1, 0.15) is 5.82 Å². The van der Waals surface area contributed by atoms with Gasteiger partial charge in [0.2, 0.25) is 0 Å². The topological polar surface area (TPSA) is 35.5 Å². The van der Waals surface area contributed by atoms with Crippen molar-refractivity contribution in [2.75, 3.05) is 32.7 Å². The third-order valence-electron chi connectivity index (χ3n) is 3.43. The van der Waals surface area contributed by atoms with E-state index in [9.17, 15) is 9.50 Å². The summed E-state index contributed by atoms with van der Waals surface area (Å²) in [5.74, 6) is -0.270. The van der Waals surface area contributed by atoms with Crippen LogP contribution in [0.4, 0.5) is 4.39 Å². The number of β-amino-alcohol motifs (C(OH)–C–C–N with tert-alkyl or cyclic N) is 1.